The number of pyridine rings is 5. The molecule has 1 aromatic carbocycles. The topological polar surface area (TPSA) is 178 Å². The molecule has 6 aromatic heterocycles. The first-order chi connectivity index (χ1) is 35.6. The first kappa shape index (κ1) is 68.8. The van der Waals surface area contributed by atoms with E-state index in [1.165, 1.54) is 28.5 Å². The Morgan fingerprint density at radius 3 is 1.28 bits per heavy atom. The quantitative estimate of drug-likeness (QED) is 0.144. The molecule has 7 rings (SSSR count). The molecule has 2 amide bonds. The van der Waals surface area contributed by atoms with Gasteiger partial charge in [-0.25, -0.2) is 14.5 Å². The van der Waals surface area contributed by atoms with Gasteiger partial charge in [0.1, 0.15) is 11.9 Å². The maximum absolute atomic E-state index is 10.9. The van der Waals surface area contributed by atoms with Gasteiger partial charge in [-0.1, -0.05) is 152 Å². The van der Waals surface area contributed by atoms with Crippen molar-refractivity contribution >= 4 is 11.8 Å². The minimum atomic E-state index is -0.432. The molecule has 0 fully saturated rings. The van der Waals surface area contributed by atoms with Crippen molar-refractivity contribution in [2.75, 3.05) is 0 Å². The largest absolute Gasteiger partial charge is 0.366 e. The molecule has 0 aliphatic rings. The van der Waals surface area contributed by atoms with Crippen molar-refractivity contribution in [3.63, 3.8) is 0 Å². The van der Waals surface area contributed by atoms with Crippen LogP contribution in [0.4, 0.5) is 0 Å². The van der Waals surface area contributed by atoms with Gasteiger partial charge >= 0.3 is 0 Å². The monoisotopic (exact) mass is 1060 g/mol. The summed E-state index contributed by atoms with van der Waals surface area (Å²) in [5.41, 5.74) is 19.7. The number of carbonyl (C=O) groups excluding carboxylic acids is 2. The Labute approximate surface area is 469 Å². The van der Waals surface area contributed by atoms with Crippen LogP contribution < -0.4 is 26.2 Å². The molecule has 422 valence electrons. The molecular formula is C66H97N9O3+2. The number of nitrogens with one attached hydrogen (secondary N) is 1. The van der Waals surface area contributed by atoms with Crippen LogP contribution >= 0.6 is 0 Å². The molecule has 0 unspecified atom stereocenters. The molecule has 12 heteroatoms. The summed E-state index contributed by atoms with van der Waals surface area (Å²) in [6.07, 6.45) is 21.8. The number of nitrogens with two attached hydrogens (primary N) is 2. The third kappa shape index (κ3) is 27.7. The Balaban J connectivity index is 0.000000456. The highest BCUT2D eigenvalue weighted by atomic mass is 16.1. The van der Waals surface area contributed by atoms with E-state index < -0.39 is 11.8 Å². The summed E-state index contributed by atoms with van der Waals surface area (Å²) in [6, 6.07) is 27.6. The average Bonchev–Trinajstić information content (AvgIpc) is 3.34. The van der Waals surface area contributed by atoms with Crippen molar-refractivity contribution in [1.82, 2.24) is 24.9 Å². The highest BCUT2D eigenvalue weighted by Gasteiger charge is 2.22. The van der Waals surface area contributed by atoms with E-state index in [9.17, 15) is 14.4 Å². The molecule has 0 aliphatic carbocycles. The van der Waals surface area contributed by atoms with Crippen LogP contribution in [0.5, 0.6) is 0 Å². The molecule has 5 N–H and O–H groups in total. The lowest BCUT2D eigenvalue weighted by molar-refractivity contribution is -0.754. The van der Waals surface area contributed by atoms with Crippen molar-refractivity contribution < 1.29 is 18.7 Å². The normalized spacial score (nSPS) is 11.5. The van der Waals surface area contributed by atoms with Crippen molar-refractivity contribution in [3.05, 3.63) is 214 Å². The van der Waals surface area contributed by atoms with E-state index in [0.29, 0.717) is 11.1 Å². The zero-order valence-corrected chi connectivity index (χ0v) is 51.6. The van der Waals surface area contributed by atoms with Crippen molar-refractivity contribution in [2.45, 2.75) is 190 Å². The summed E-state index contributed by atoms with van der Waals surface area (Å²) in [4.78, 5) is 51.0. The molecule has 0 atom stereocenters. The molecular weight excluding hydrogens is 967 g/mol. The second-order valence-corrected chi connectivity index (χ2v) is 26.2. The van der Waals surface area contributed by atoms with Gasteiger partial charge in [-0.2, -0.15) is 4.57 Å². The van der Waals surface area contributed by atoms with E-state index in [1.807, 2.05) is 65.8 Å². The zero-order chi connectivity index (χ0) is 59.9. The first-order valence-electron chi connectivity index (χ1n) is 26.6. The summed E-state index contributed by atoms with van der Waals surface area (Å²) < 4.78 is 4.15. The van der Waals surface area contributed by atoms with E-state index in [1.54, 1.807) is 49.3 Å². The van der Waals surface area contributed by atoms with Crippen molar-refractivity contribution in [3.8, 4) is 0 Å². The molecule has 0 spiro atoms. The Kier molecular flexibility index (Phi) is 26.5. The van der Waals surface area contributed by atoms with E-state index in [2.05, 4.69) is 225 Å². The molecule has 6 heterocycles. The lowest BCUT2D eigenvalue weighted by Crippen LogP contribution is -2.50. The predicted molar refractivity (Wildman–Crippen MR) is 323 cm³/mol. The third-order valence-electron chi connectivity index (χ3n) is 11.7. The van der Waals surface area contributed by atoms with Crippen LogP contribution in [0.25, 0.3) is 0 Å². The molecule has 0 aliphatic heterocycles. The van der Waals surface area contributed by atoms with Gasteiger partial charge in [0.15, 0.2) is 35.9 Å². The van der Waals surface area contributed by atoms with Crippen molar-refractivity contribution in [1.29, 1.82) is 0 Å². The number of rotatable bonds is 2. The Hall–Kier alpha value is -7.21. The molecule has 0 bridgehead atoms. The van der Waals surface area contributed by atoms with E-state index in [0.717, 1.165) is 11.1 Å². The molecule has 0 radical (unpaired) electrons. The number of hydrogen-bond acceptors (Lipinski definition) is 7. The smallest absolute Gasteiger partial charge is 0.254 e. The molecule has 0 saturated heterocycles. The van der Waals surface area contributed by atoms with Gasteiger partial charge in [-0.15, -0.1) is 0 Å². The Morgan fingerprint density at radius 1 is 0.436 bits per heavy atom. The van der Waals surface area contributed by atoms with Gasteiger partial charge in [0.05, 0.1) is 5.56 Å². The van der Waals surface area contributed by atoms with Crippen LogP contribution in [0, 0.1) is 6.92 Å². The number of aryl methyl sites for hydroxylation is 1. The van der Waals surface area contributed by atoms with Gasteiger partial charge in [0, 0.05) is 109 Å². The van der Waals surface area contributed by atoms with E-state index >= 15 is 0 Å². The van der Waals surface area contributed by atoms with E-state index in [-0.39, 0.29) is 43.7 Å². The predicted octanol–water partition coefficient (Wildman–Crippen LogP) is 13.2. The second kappa shape index (κ2) is 30.1. The fraction of sp³-hybridized carbons (Fsp3) is 0.439. The number of primary amides is 2. The summed E-state index contributed by atoms with van der Waals surface area (Å²) >= 11 is 0. The average molecular weight is 1060 g/mol. The van der Waals surface area contributed by atoms with Crippen LogP contribution in [0.3, 0.4) is 0 Å². The van der Waals surface area contributed by atoms with Crippen LogP contribution in [0.1, 0.15) is 199 Å². The Bertz CT molecular complexity index is 2700. The minimum absolute atomic E-state index is 0.00153. The molecule has 78 heavy (non-hydrogen) atoms. The zero-order valence-electron chi connectivity index (χ0n) is 51.6. The lowest BCUT2D eigenvalue weighted by atomic mass is 9.86. The summed E-state index contributed by atoms with van der Waals surface area (Å²) in [6.45, 7) is 47.1. The number of aromatic nitrogens is 7. The molecule has 0 saturated carbocycles. The van der Waals surface area contributed by atoms with E-state index in [4.69, 9.17) is 11.5 Å². The number of H-pyrrole nitrogens is 1. The number of carbonyl (C=O) groups is 2. The summed E-state index contributed by atoms with van der Waals surface area (Å²) in [5.74, 6) is -0.822. The number of hydrogen-bond donors (Lipinski definition) is 3. The number of amides is 2. The lowest BCUT2D eigenvalue weighted by Gasteiger charge is -2.19. The SMILES string of the molecule is CC(C)(C)[n+]1cccc(C(N)=O)c1.CC(C)(C)[n+]1ccccc1.CC(C)(C)c1ccc(=O)[nH]c1.CC(C)(C)c1cccnc1.CC(C)(C)c1cncc(C(N)=O)c1.CC(C)(C)c1cncnc1.Cc1cccc(C(C)(C)C)c1. The Morgan fingerprint density at radius 2 is 0.910 bits per heavy atom. The van der Waals surface area contributed by atoms with Gasteiger partial charge < -0.3 is 16.5 Å². The highest BCUT2D eigenvalue weighted by Crippen LogP contribution is 2.24. The van der Waals surface area contributed by atoms with Gasteiger partial charge in [-0.3, -0.25) is 24.4 Å². The second-order valence-electron chi connectivity index (χ2n) is 26.2. The van der Waals surface area contributed by atoms with Crippen LogP contribution in [0.15, 0.2) is 164 Å². The van der Waals surface area contributed by atoms with Gasteiger partial charge in [0.2, 0.25) is 11.5 Å². The maximum atomic E-state index is 10.9. The maximum Gasteiger partial charge on any atom is 0.254 e. The van der Waals surface area contributed by atoms with Crippen molar-refractivity contribution in [2.24, 2.45) is 11.5 Å². The van der Waals surface area contributed by atoms with Crippen LogP contribution in [-0.4, -0.2) is 36.7 Å². The highest BCUT2D eigenvalue weighted by molar-refractivity contribution is 5.92. The third-order valence-corrected chi connectivity index (χ3v) is 11.7. The fourth-order valence-corrected chi connectivity index (χ4v) is 6.35. The van der Waals surface area contributed by atoms with Crippen LogP contribution in [-0.2, 0) is 38.2 Å². The van der Waals surface area contributed by atoms with Gasteiger partial charge in [0.25, 0.3) is 5.91 Å². The fourth-order valence-electron chi connectivity index (χ4n) is 6.35. The first-order valence-corrected chi connectivity index (χ1v) is 26.6. The van der Waals surface area contributed by atoms with Crippen LogP contribution in [0.2, 0.25) is 0 Å². The number of nitrogens with zero attached hydrogens (tertiary/aromatic N) is 6. The molecule has 7 aromatic rings. The summed E-state index contributed by atoms with van der Waals surface area (Å²) in [7, 11) is 0. The minimum Gasteiger partial charge on any atom is -0.366 e. The molecule has 12 nitrogen and oxygen atoms in total. The number of aromatic amines is 1. The number of benzene rings is 1. The standard InChI is InChI=1S/C11H16.2C10H14N2O.C9H13NO.C9H13N.C9H14N.C8H12N2/c1-9-6-5-7-10(8-9)11(2,3)4;1-10(2,3)8-4-7(9(11)13)5-12-6-8;1-10(2,3)12-6-4-5-8(7-12)9(11)13;1-9(2,3)7-4-5-8(11)10-6-7;1-9(2,3)8-5-4-6-10-7-8;1-9(2,3)10-7-5-4-6-8-10;1-8(2,3)7-4-9-6-10-5-7/h5-8H,1-4H3;4-6H,1-3H3,(H2,11,13);4-7H,1-3H3,(H-,11,13);4-6H,1-3H3,(H,10,11);4-7H,1-3H3;4-8H,1-3H3;4-6H,1-3H3/q;;;;;+1;/p+1. The van der Waals surface area contributed by atoms with Gasteiger partial charge in [-0.05, 0) is 80.0 Å². The summed E-state index contributed by atoms with van der Waals surface area (Å²) in [5, 5.41) is 0.